The first-order chi connectivity index (χ1) is 13.0. The second-order valence-electron chi connectivity index (χ2n) is 7.80. The quantitative estimate of drug-likeness (QED) is 0.632. The molecule has 0 aromatic heterocycles. The number of amides is 1. The van der Waals surface area contributed by atoms with Gasteiger partial charge in [-0.15, -0.1) is 0 Å². The smallest absolute Gasteiger partial charge is 0.251 e. The molecule has 0 unspecified atom stereocenters. The summed E-state index contributed by atoms with van der Waals surface area (Å²) in [5.74, 6) is -0.158. The van der Waals surface area contributed by atoms with E-state index in [1.165, 1.54) is 44.2 Å². The number of hydrogen-bond donors (Lipinski definition) is 2. The molecule has 2 aliphatic carbocycles. The first kappa shape index (κ1) is 20.3. The summed E-state index contributed by atoms with van der Waals surface area (Å²) in [4.78, 5) is 14.9. The van der Waals surface area contributed by atoms with Crippen LogP contribution in [0.1, 0.15) is 61.7 Å². The number of benzene rings is 1. The second-order valence-corrected chi connectivity index (χ2v) is 9.52. The summed E-state index contributed by atoms with van der Waals surface area (Å²) in [5, 5.41) is 2.93. The first-order valence-electron chi connectivity index (χ1n) is 10.1. The summed E-state index contributed by atoms with van der Waals surface area (Å²) in [6.07, 6.45) is 9.29. The molecule has 2 fully saturated rings. The van der Waals surface area contributed by atoms with E-state index in [0.717, 1.165) is 25.8 Å². The number of rotatable bonds is 9. The molecular weight excluding hydrogens is 362 g/mol. The van der Waals surface area contributed by atoms with Crippen molar-refractivity contribution in [1.29, 1.82) is 0 Å². The van der Waals surface area contributed by atoms with Gasteiger partial charge in [0.2, 0.25) is 10.0 Å². The van der Waals surface area contributed by atoms with E-state index in [4.69, 9.17) is 0 Å². The first-order valence-corrected chi connectivity index (χ1v) is 11.5. The Hall–Kier alpha value is -1.44. The fraction of sp³-hybridized carbons (Fsp3) is 0.650. The summed E-state index contributed by atoms with van der Waals surface area (Å²) in [7, 11) is -1.29. The van der Waals surface area contributed by atoms with Gasteiger partial charge in [0.1, 0.15) is 0 Å². The van der Waals surface area contributed by atoms with Crippen molar-refractivity contribution in [3.63, 3.8) is 0 Å². The highest BCUT2D eigenvalue weighted by atomic mass is 32.2. The maximum atomic E-state index is 12.2. The second kappa shape index (κ2) is 9.17. The van der Waals surface area contributed by atoms with Crippen LogP contribution in [0.15, 0.2) is 29.2 Å². The number of carbonyl (C=O) groups excluding carboxylic acids is 1. The molecule has 7 heteroatoms. The Morgan fingerprint density at radius 3 is 2.37 bits per heavy atom. The molecule has 2 aliphatic rings. The monoisotopic (exact) mass is 393 g/mol. The third kappa shape index (κ3) is 6.02. The fourth-order valence-corrected chi connectivity index (χ4v) is 4.92. The van der Waals surface area contributed by atoms with Crippen LogP contribution in [-0.4, -0.2) is 51.4 Å². The van der Waals surface area contributed by atoms with Gasteiger partial charge in [-0.05, 0) is 70.0 Å². The minimum Gasteiger partial charge on any atom is -0.352 e. The molecular formula is C20H31N3O3S. The Balaban J connectivity index is 1.41. The minimum absolute atomic E-state index is 0.0738. The Morgan fingerprint density at radius 1 is 1.07 bits per heavy atom. The molecule has 0 bridgehead atoms. The Bertz CT molecular complexity index is 723. The summed E-state index contributed by atoms with van der Waals surface area (Å²) in [6.45, 7) is 1.61. The molecule has 150 valence electrons. The van der Waals surface area contributed by atoms with E-state index >= 15 is 0 Å². The van der Waals surface area contributed by atoms with Gasteiger partial charge in [-0.1, -0.05) is 19.3 Å². The molecule has 3 rings (SSSR count). The third-order valence-electron chi connectivity index (χ3n) is 5.50. The number of hydrogen-bond acceptors (Lipinski definition) is 4. The number of nitrogens with one attached hydrogen (secondary N) is 2. The zero-order chi connectivity index (χ0) is 19.3. The van der Waals surface area contributed by atoms with Gasteiger partial charge in [-0.25, -0.2) is 13.1 Å². The zero-order valence-corrected chi connectivity index (χ0v) is 16.9. The van der Waals surface area contributed by atoms with Crippen molar-refractivity contribution in [1.82, 2.24) is 14.9 Å². The molecule has 0 saturated heterocycles. The predicted molar refractivity (Wildman–Crippen MR) is 106 cm³/mol. The van der Waals surface area contributed by atoms with E-state index < -0.39 is 10.0 Å². The van der Waals surface area contributed by atoms with Crippen LogP contribution in [0, 0.1) is 0 Å². The van der Waals surface area contributed by atoms with Crippen LogP contribution >= 0.6 is 0 Å². The van der Waals surface area contributed by atoms with Gasteiger partial charge in [0, 0.05) is 24.2 Å². The fourth-order valence-electron chi connectivity index (χ4n) is 3.61. The Kier molecular flexibility index (Phi) is 6.89. The molecule has 1 amide bonds. The summed E-state index contributed by atoms with van der Waals surface area (Å²) in [5.41, 5.74) is 0.487. The average Bonchev–Trinajstić information content (AvgIpc) is 3.49. The lowest BCUT2D eigenvalue weighted by Gasteiger charge is -2.31. The van der Waals surface area contributed by atoms with E-state index in [2.05, 4.69) is 22.0 Å². The van der Waals surface area contributed by atoms with Crippen molar-refractivity contribution in [3.05, 3.63) is 29.8 Å². The molecule has 6 nitrogen and oxygen atoms in total. The minimum atomic E-state index is -3.47. The third-order valence-corrected chi connectivity index (χ3v) is 7.03. The van der Waals surface area contributed by atoms with Gasteiger partial charge in [0.05, 0.1) is 4.90 Å². The molecule has 27 heavy (non-hydrogen) atoms. The molecule has 0 heterocycles. The molecule has 1 aromatic carbocycles. The number of sulfonamides is 1. The maximum absolute atomic E-state index is 12.2. The van der Waals surface area contributed by atoms with Gasteiger partial charge in [-0.2, -0.15) is 0 Å². The van der Waals surface area contributed by atoms with Crippen molar-refractivity contribution < 1.29 is 13.2 Å². The lowest BCUT2D eigenvalue weighted by atomic mass is 9.94. The van der Waals surface area contributed by atoms with Crippen LogP contribution in [0.3, 0.4) is 0 Å². The highest BCUT2D eigenvalue weighted by Crippen LogP contribution is 2.22. The average molecular weight is 394 g/mol. The highest BCUT2D eigenvalue weighted by molar-refractivity contribution is 7.89. The molecule has 2 saturated carbocycles. The molecule has 2 N–H and O–H groups in total. The number of carbonyl (C=O) groups is 1. The van der Waals surface area contributed by atoms with E-state index in [0.29, 0.717) is 18.2 Å². The van der Waals surface area contributed by atoms with Crippen molar-refractivity contribution in [3.8, 4) is 0 Å². The lowest BCUT2D eigenvalue weighted by molar-refractivity contribution is 0.0950. The van der Waals surface area contributed by atoms with Gasteiger partial charge >= 0.3 is 0 Å². The molecule has 0 radical (unpaired) electrons. The van der Waals surface area contributed by atoms with Crippen LogP contribution in [-0.2, 0) is 10.0 Å². The summed E-state index contributed by atoms with van der Waals surface area (Å²) < 4.78 is 26.9. The zero-order valence-electron chi connectivity index (χ0n) is 16.1. The highest BCUT2D eigenvalue weighted by Gasteiger charge is 2.28. The standard InChI is InChI=1S/C20H31N3O3S/c1-23(18-6-3-2-4-7-18)15-5-14-21-20(24)16-8-12-19(13-9-16)27(25,26)22-17-10-11-17/h8-9,12-13,17-18,22H,2-7,10-11,14-15H2,1H3,(H,21,24). The normalized spacial score (nSPS) is 18.6. The largest absolute Gasteiger partial charge is 0.352 e. The number of nitrogens with zero attached hydrogens (tertiary/aromatic N) is 1. The van der Waals surface area contributed by atoms with Crippen LogP contribution in [0.4, 0.5) is 0 Å². The van der Waals surface area contributed by atoms with Gasteiger partial charge in [0.25, 0.3) is 5.91 Å². The van der Waals surface area contributed by atoms with Gasteiger partial charge in [-0.3, -0.25) is 4.79 Å². The van der Waals surface area contributed by atoms with Gasteiger partial charge < -0.3 is 10.2 Å². The predicted octanol–water partition coefficient (Wildman–Crippen LogP) is 2.51. The van der Waals surface area contributed by atoms with Crippen LogP contribution in [0.2, 0.25) is 0 Å². The SMILES string of the molecule is CN(CCCNC(=O)c1ccc(S(=O)(=O)NC2CC2)cc1)C1CCCCC1. The van der Waals surface area contributed by atoms with Crippen molar-refractivity contribution in [2.45, 2.75) is 68.3 Å². The van der Waals surface area contributed by atoms with E-state index in [9.17, 15) is 13.2 Å². The lowest BCUT2D eigenvalue weighted by Crippen LogP contribution is -2.35. The molecule has 0 spiro atoms. The van der Waals surface area contributed by atoms with Crippen molar-refractivity contribution in [2.75, 3.05) is 20.1 Å². The van der Waals surface area contributed by atoms with E-state index in [1.807, 2.05) is 0 Å². The van der Waals surface area contributed by atoms with E-state index in [-0.39, 0.29) is 16.8 Å². The van der Waals surface area contributed by atoms with Crippen molar-refractivity contribution >= 4 is 15.9 Å². The van der Waals surface area contributed by atoms with Crippen LogP contribution in [0.25, 0.3) is 0 Å². The van der Waals surface area contributed by atoms with E-state index in [1.54, 1.807) is 12.1 Å². The van der Waals surface area contributed by atoms with Crippen molar-refractivity contribution in [2.24, 2.45) is 0 Å². The van der Waals surface area contributed by atoms with Crippen LogP contribution in [0.5, 0.6) is 0 Å². The molecule has 0 aliphatic heterocycles. The Labute approximate surface area is 162 Å². The molecule has 0 atom stereocenters. The van der Waals surface area contributed by atoms with Crippen LogP contribution < -0.4 is 10.0 Å². The van der Waals surface area contributed by atoms with Gasteiger partial charge in [0.15, 0.2) is 0 Å². The Morgan fingerprint density at radius 2 is 1.74 bits per heavy atom. The summed E-state index contributed by atoms with van der Waals surface area (Å²) in [6, 6.07) is 6.90. The molecule has 1 aromatic rings. The topological polar surface area (TPSA) is 78.5 Å². The maximum Gasteiger partial charge on any atom is 0.251 e. The summed E-state index contributed by atoms with van der Waals surface area (Å²) >= 11 is 0.